The minimum absolute atomic E-state index is 0.00600. The first-order chi connectivity index (χ1) is 14.4. The van der Waals surface area contributed by atoms with E-state index < -0.39 is 5.60 Å². The summed E-state index contributed by atoms with van der Waals surface area (Å²) in [4.78, 5) is 35.9. The van der Waals surface area contributed by atoms with Crippen molar-refractivity contribution in [2.24, 2.45) is 34.5 Å². The van der Waals surface area contributed by atoms with Gasteiger partial charge in [0.25, 0.3) is 0 Å². The van der Waals surface area contributed by atoms with Crippen LogP contribution in [-0.2, 0) is 23.9 Å². The van der Waals surface area contributed by atoms with Gasteiger partial charge in [0.2, 0.25) is 0 Å². The summed E-state index contributed by atoms with van der Waals surface area (Å²) in [5.74, 6) is -0.216. The number of ether oxygens (including phenoxy) is 2. The fourth-order valence-electron chi connectivity index (χ4n) is 8.49. The molecule has 0 aliphatic heterocycles. The van der Waals surface area contributed by atoms with Gasteiger partial charge >= 0.3 is 11.9 Å². The van der Waals surface area contributed by atoms with E-state index in [1.807, 2.05) is 0 Å². The Morgan fingerprint density at radius 3 is 2.16 bits per heavy atom. The van der Waals surface area contributed by atoms with Crippen molar-refractivity contribution >= 4 is 17.7 Å². The first-order valence-corrected chi connectivity index (χ1v) is 12.0. The van der Waals surface area contributed by atoms with Crippen LogP contribution in [0.1, 0.15) is 86.0 Å². The summed E-state index contributed by atoms with van der Waals surface area (Å²) >= 11 is 0. The molecule has 31 heavy (non-hydrogen) atoms. The molecule has 0 aromatic carbocycles. The molecule has 1 N–H and O–H groups in total. The summed E-state index contributed by atoms with van der Waals surface area (Å²) in [6.07, 6.45) is 5.84. The van der Waals surface area contributed by atoms with Crippen molar-refractivity contribution in [1.29, 1.82) is 0 Å². The van der Waals surface area contributed by atoms with Gasteiger partial charge in [0.05, 0.1) is 5.60 Å². The van der Waals surface area contributed by atoms with E-state index in [4.69, 9.17) is 9.47 Å². The average molecular weight is 435 g/mol. The molecule has 0 spiro atoms. The van der Waals surface area contributed by atoms with Crippen LogP contribution >= 0.6 is 0 Å². The van der Waals surface area contributed by atoms with Crippen LogP contribution < -0.4 is 0 Å². The number of ketones is 1. The normalized spacial score (nSPS) is 48.7. The summed E-state index contributed by atoms with van der Waals surface area (Å²) in [5, 5.41) is 12.3. The van der Waals surface area contributed by atoms with E-state index in [0.29, 0.717) is 18.8 Å². The molecule has 0 bridgehead atoms. The second-order valence-electron chi connectivity index (χ2n) is 11.3. The lowest BCUT2D eigenvalue weighted by molar-refractivity contribution is -0.249. The van der Waals surface area contributed by atoms with Crippen molar-refractivity contribution in [2.75, 3.05) is 0 Å². The van der Waals surface area contributed by atoms with Crippen molar-refractivity contribution in [3.05, 3.63) is 0 Å². The molecule has 0 unspecified atom stereocenters. The van der Waals surface area contributed by atoms with E-state index in [0.717, 1.165) is 38.5 Å². The van der Waals surface area contributed by atoms with Gasteiger partial charge in [-0.25, -0.2) is 0 Å². The molecule has 0 aromatic rings. The maximum Gasteiger partial charge on any atom is 0.302 e. The third kappa shape index (κ3) is 3.35. The number of aliphatic hydroxyl groups is 1. The molecule has 0 saturated heterocycles. The van der Waals surface area contributed by atoms with Crippen molar-refractivity contribution in [1.82, 2.24) is 0 Å². The van der Waals surface area contributed by atoms with Crippen molar-refractivity contribution in [3.8, 4) is 0 Å². The SMILES string of the molecule is CC(=O)O[C@@H]1CC[C@@]2(C)[C@@H](CC[C@H]3[C@@H]4[C@@H](OC(C)=O)C[C@H](C(C)=O)[C@@]4(C)CC[C@@]32O)C1. The molecule has 4 aliphatic carbocycles. The topological polar surface area (TPSA) is 89.9 Å². The molecule has 6 heteroatoms. The molecule has 0 heterocycles. The van der Waals surface area contributed by atoms with E-state index >= 15 is 0 Å². The van der Waals surface area contributed by atoms with Gasteiger partial charge in [-0.15, -0.1) is 0 Å². The Morgan fingerprint density at radius 1 is 0.871 bits per heavy atom. The highest BCUT2D eigenvalue weighted by molar-refractivity contribution is 5.80. The summed E-state index contributed by atoms with van der Waals surface area (Å²) in [6, 6.07) is 0. The third-order valence-corrected chi connectivity index (χ3v) is 9.91. The highest BCUT2D eigenvalue weighted by Crippen LogP contribution is 2.69. The molecule has 0 radical (unpaired) electrons. The third-order valence-electron chi connectivity index (χ3n) is 9.91. The summed E-state index contributed by atoms with van der Waals surface area (Å²) < 4.78 is 11.3. The van der Waals surface area contributed by atoms with Gasteiger partial charge in [0.15, 0.2) is 0 Å². The number of hydrogen-bond acceptors (Lipinski definition) is 6. The molecular formula is C25H38O6. The van der Waals surface area contributed by atoms with Gasteiger partial charge in [-0.1, -0.05) is 13.8 Å². The second kappa shape index (κ2) is 7.57. The van der Waals surface area contributed by atoms with Gasteiger partial charge in [0.1, 0.15) is 18.0 Å². The Hall–Kier alpha value is -1.43. The van der Waals surface area contributed by atoms with E-state index in [1.54, 1.807) is 6.92 Å². The second-order valence-corrected chi connectivity index (χ2v) is 11.3. The van der Waals surface area contributed by atoms with Crippen molar-refractivity contribution < 1.29 is 29.0 Å². The van der Waals surface area contributed by atoms with Gasteiger partial charge < -0.3 is 14.6 Å². The molecule has 0 amide bonds. The van der Waals surface area contributed by atoms with Crippen molar-refractivity contribution in [3.63, 3.8) is 0 Å². The standard InChI is InChI=1S/C25H38O6/c1-14(26)20-13-21(31-16(3)28)22-19-7-6-17-12-18(30-15(2)27)8-9-24(17,5)25(19,29)11-10-23(20,22)4/h17-22,29H,6-13H2,1-5H3/t17-,18+,19-,20+,21-,22+,23+,24-,25+/m0/s1. The maximum atomic E-state index is 12.5. The van der Waals surface area contributed by atoms with Gasteiger partial charge in [-0.2, -0.15) is 0 Å². The van der Waals surface area contributed by atoms with E-state index in [2.05, 4.69) is 13.8 Å². The molecule has 4 rings (SSSR count). The zero-order valence-corrected chi connectivity index (χ0v) is 19.6. The quantitative estimate of drug-likeness (QED) is 0.679. The van der Waals surface area contributed by atoms with Crippen LogP contribution in [0.5, 0.6) is 0 Å². The Bertz CT molecular complexity index is 778. The first-order valence-electron chi connectivity index (χ1n) is 12.0. The maximum absolute atomic E-state index is 12.5. The number of Topliss-reactive ketones (excluding diaryl/α,β-unsaturated/α-hetero) is 1. The molecule has 0 aromatic heterocycles. The summed E-state index contributed by atoms with van der Waals surface area (Å²) in [7, 11) is 0. The molecular weight excluding hydrogens is 396 g/mol. The zero-order valence-electron chi connectivity index (χ0n) is 19.6. The fraction of sp³-hybridized carbons (Fsp3) is 0.880. The minimum atomic E-state index is -0.856. The van der Waals surface area contributed by atoms with Crippen LogP contribution in [0.15, 0.2) is 0 Å². The van der Waals surface area contributed by atoms with Gasteiger partial charge in [-0.3, -0.25) is 14.4 Å². The van der Waals surface area contributed by atoms with E-state index in [-0.39, 0.29) is 58.5 Å². The predicted molar refractivity (Wildman–Crippen MR) is 114 cm³/mol. The molecule has 174 valence electrons. The van der Waals surface area contributed by atoms with Gasteiger partial charge in [0, 0.05) is 25.7 Å². The lowest BCUT2D eigenvalue weighted by Crippen LogP contribution is -2.66. The monoisotopic (exact) mass is 434 g/mol. The van der Waals surface area contributed by atoms with E-state index in [9.17, 15) is 19.5 Å². The number of esters is 2. The fourth-order valence-corrected chi connectivity index (χ4v) is 8.49. The largest absolute Gasteiger partial charge is 0.463 e. The van der Waals surface area contributed by atoms with E-state index in [1.165, 1.54) is 13.8 Å². The zero-order chi connectivity index (χ0) is 22.8. The van der Waals surface area contributed by atoms with Gasteiger partial charge in [-0.05, 0) is 81.0 Å². The summed E-state index contributed by atoms with van der Waals surface area (Å²) in [6.45, 7) is 8.94. The Labute approximate surface area is 185 Å². The highest BCUT2D eigenvalue weighted by Gasteiger charge is 2.70. The number of rotatable bonds is 3. The molecule has 6 nitrogen and oxygen atoms in total. The molecule has 9 atom stereocenters. The molecule has 4 aliphatic rings. The Kier molecular flexibility index (Phi) is 5.55. The average Bonchev–Trinajstić information content (AvgIpc) is 2.95. The number of carbonyl (C=O) groups excluding carboxylic acids is 3. The minimum Gasteiger partial charge on any atom is -0.463 e. The Balaban J connectivity index is 1.67. The summed E-state index contributed by atoms with van der Waals surface area (Å²) in [5.41, 5.74) is -1.37. The molecule has 4 saturated carbocycles. The highest BCUT2D eigenvalue weighted by atomic mass is 16.5. The predicted octanol–water partition coefficient (Wildman–Crippen LogP) is 3.82. The van der Waals surface area contributed by atoms with Crippen LogP contribution in [0.2, 0.25) is 0 Å². The van der Waals surface area contributed by atoms with Crippen LogP contribution in [0, 0.1) is 34.5 Å². The smallest absolute Gasteiger partial charge is 0.302 e. The van der Waals surface area contributed by atoms with Crippen LogP contribution in [-0.4, -0.2) is 40.6 Å². The van der Waals surface area contributed by atoms with Crippen LogP contribution in [0.3, 0.4) is 0 Å². The number of hydrogen-bond donors (Lipinski definition) is 1. The van der Waals surface area contributed by atoms with Crippen molar-refractivity contribution in [2.45, 2.75) is 104 Å². The Morgan fingerprint density at radius 2 is 1.55 bits per heavy atom. The first kappa shape index (κ1) is 22.8. The lowest BCUT2D eigenvalue weighted by atomic mass is 9.42. The number of carbonyl (C=O) groups is 3. The number of fused-ring (bicyclic) bond motifs is 5. The van der Waals surface area contributed by atoms with Crippen LogP contribution in [0.25, 0.3) is 0 Å². The van der Waals surface area contributed by atoms with Crippen LogP contribution in [0.4, 0.5) is 0 Å². The molecule has 4 fully saturated rings. The lowest BCUT2D eigenvalue weighted by Gasteiger charge is -2.65.